The summed E-state index contributed by atoms with van der Waals surface area (Å²) in [5.41, 5.74) is 1.95. The van der Waals surface area contributed by atoms with Gasteiger partial charge in [-0.1, -0.05) is 12.1 Å². The molecule has 1 aliphatic heterocycles. The second-order valence-corrected chi connectivity index (χ2v) is 4.16. The van der Waals surface area contributed by atoms with Crippen LogP contribution < -0.4 is 16.5 Å². The number of hydrogen-bond donors (Lipinski definition) is 3. The van der Waals surface area contributed by atoms with Crippen molar-refractivity contribution in [2.45, 2.75) is 6.54 Å². The third-order valence-electron chi connectivity index (χ3n) is 3.00. The van der Waals surface area contributed by atoms with Crippen molar-refractivity contribution < 1.29 is 9.59 Å². The third kappa shape index (κ3) is 1.71. The van der Waals surface area contributed by atoms with E-state index in [0.29, 0.717) is 11.4 Å². The maximum Gasteiger partial charge on any atom is 0.273 e. The molecule has 96 valence electrons. The summed E-state index contributed by atoms with van der Waals surface area (Å²) in [6.07, 6.45) is 1.11. The van der Waals surface area contributed by atoms with Crippen molar-refractivity contribution in [1.29, 1.82) is 0 Å². The number of carbonyl (C=O) groups is 2. The van der Waals surface area contributed by atoms with Gasteiger partial charge in [0.1, 0.15) is 18.6 Å². The highest BCUT2D eigenvalue weighted by Crippen LogP contribution is 2.29. The number of para-hydroxylation sites is 1. The van der Waals surface area contributed by atoms with Crippen molar-refractivity contribution in [3.05, 3.63) is 30.0 Å². The Hall–Kier alpha value is -2.83. The molecule has 1 aliphatic rings. The third-order valence-corrected chi connectivity index (χ3v) is 3.00. The van der Waals surface area contributed by atoms with E-state index in [9.17, 15) is 9.59 Å². The Labute approximate surface area is 108 Å². The van der Waals surface area contributed by atoms with Crippen LogP contribution in [-0.2, 0) is 11.3 Å². The SMILES string of the molecule is NN=CNC(=O)c1cc2cccc3c2n1CC(=O)N3. The van der Waals surface area contributed by atoms with Gasteiger partial charge in [-0.05, 0) is 12.1 Å². The van der Waals surface area contributed by atoms with Crippen LogP contribution in [-0.4, -0.2) is 22.7 Å². The van der Waals surface area contributed by atoms with E-state index in [0.717, 1.165) is 17.2 Å². The van der Waals surface area contributed by atoms with Crippen LogP contribution in [0.15, 0.2) is 29.4 Å². The smallest absolute Gasteiger partial charge is 0.273 e. The monoisotopic (exact) mass is 257 g/mol. The summed E-state index contributed by atoms with van der Waals surface area (Å²) in [7, 11) is 0. The van der Waals surface area contributed by atoms with E-state index >= 15 is 0 Å². The van der Waals surface area contributed by atoms with E-state index in [2.05, 4.69) is 15.7 Å². The minimum atomic E-state index is -0.356. The van der Waals surface area contributed by atoms with Crippen LogP contribution in [0, 0.1) is 0 Å². The summed E-state index contributed by atoms with van der Waals surface area (Å²) in [5.74, 6) is 4.43. The van der Waals surface area contributed by atoms with Gasteiger partial charge >= 0.3 is 0 Å². The van der Waals surface area contributed by atoms with Gasteiger partial charge < -0.3 is 21.0 Å². The van der Waals surface area contributed by atoms with Crippen molar-refractivity contribution in [3.63, 3.8) is 0 Å². The van der Waals surface area contributed by atoms with Crippen LogP contribution in [0.4, 0.5) is 5.69 Å². The largest absolute Gasteiger partial charge is 0.325 e. The highest BCUT2D eigenvalue weighted by atomic mass is 16.2. The first kappa shape index (κ1) is 11.3. The van der Waals surface area contributed by atoms with E-state index in [4.69, 9.17) is 5.84 Å². The summed E-state index contributed by atoms with van der Waals surface area (Å²) >= 11 is 0. The van der Waals surface area contributed by atoms with Gasteiger partial charge in [0.05, 0.1) is 11.2 Å². The summed E-state index contributed by atoms with van der Waals surface area (Å²) in [4.78, 5) is 23.6. The standard InChI is InChI=1S/C12H11N5O2/c13-15-6-14-12(19)9-4-7-2-1-3-8-11(7)17(9)5-10(18)16-8/h1-4,6H,5,13H2,(H,16,18)(H,14,15,19). The molecule has 1 aromatic heterocycles. The van der Waals surface area contributed by atoms with Gasteiger partial charge in [-0.15, -0.1) is 0 Å². The van der Waals surface area contributed by atoms with Crippen LogP contribution in [0.2, 0.25) is 0 Å². The molecule has 19 heavy (non-hydrogen) atoms. The lowest BCUT2D eigenvalue weighted by Crippen LogP contribution is -2.29. The summed E-state index contributed by atoms with van der Waals surface area (Å²) in [5, 5.41) is 9.32. The number of hydrazone groups is 1. The first-order valence-electron chi connectivity index (χ1n) is 5.65. The molecule has 3 rings (SSSR count). The van der Waals surface area contributed by atoms with E-state index in [1.165, 1.54) is 0 Å². The van der Waals surface area contributed by atoms with Crippen LogP contribution in [0.5, 0.6) is 0 Å². The van der Waals surface area contributed by atoms with Gasteiger partial charge in [-0.2, -0.15) is 5.10 Å². The highest BCUT2D eigenvalue weighted by molar-refractivity contribution is 6.10. The van der Waals surface area contributed by atoms with Gasteiger partial charge in [0.15, 0.2) is 0 Å². The Morgan fingerprint density at radius 2 is 2.37 bits per heavy atom. The molecule has 0 fully saturated rings. The predicted octanol–water partition coefficient (Wildman–Crippen LogP) is 0.225. The highest BCUT2D eigenvalue weighted by Gasteiger charge is 2.23. The first-order valence-corrected chi connectivity index (χ1v) is 5.65. The zero-order valence-electron chi connectivity index (χ0n) is 9.88. The first-order chi connectivity index (χ1) is 9.20. The lowest BCUT2D eigenvalue weighted by molar-refractivity contribution is -0.116. The Morgan fingerprint density at radius 3 is 3.16 bits per heavy atom. The second kappa shape index (κ2) is 4.13. The van der Waals surface area contributed by atoms with Crippen molar-refractivity contribution in [3.8, 4) is 0 Å². The minimum Gasteiger partial charge on any atom is -0.325 e. The number of amides is 2. The quantitative estimate of drug-likeness (QED) is 0.310. The fraction of sp³-hybridized carbons (Fsp3) is 0.0833. The molecule has 0 radical (unpaired) electrons. The average molecular weight is 257 g/mol. The van der Waals surface area contributed by atoms with Gasteiger partial charge in [-0.3, -0.25) is 9.59 Å². The second-order valence-electron chi connectivity index (χ2n) is 4.16. The number of carbonyl (C=O) groups excluding carboxylic acids is 2. The van der Waals surface area contributed by atoms with Crippen LogP contribution in [0.1, 0.15) is 10.5 Å². The maximum atomic E-state index is 12.0. The molecule has 0 aliphatic carbocycles. The van der Waals surface area contributed by atoms with E-state index in [-0.39, 0.29) is 18.4 Å². The molecule has 4 N–H and O–H groups in total. The molecule has 2 amide bonds. The topological polar surface area (TPSA) is 102 Å². The molecule has 0 saturated heterocycles. The van der Waals surface area contributed by atoms with Crippen molar-refractivity contribution in [1.82, 2.24) is 9.88 Å². The number of nitrogens with zero attached hydrogens (tertiary/aromatic N) is 2. The molecular weight excluding hydrogens is 246 g/mol. The predicted molar refractivity (Wildman–Crippen MR) is 70.7 cm³/mol. The summed E-state index contributed by atoms with van der Waals surface area (Å²) in [6.45, 7) is 0.114. The van der Waals surface area contributed by atoms with Gasteiger partial charge in [-0.25, -0.2) is 0 Å². The Balaban J connectivity index is 2.17. The molecule has 0 atom stereocenters. The van der Waals surface area contributed by atoms with E-state index in [1.54, 1.807) is 16.7 Å². The lowest BCUT2D eigenvalue weighted by Gasteiger charge is -2.17. The van der Waals surface area contributed by atoms with Gasteiger partial charge in [0.25, 0.3) is 5.91 Å². The number of aromatic nitrogens is 1. The zero-order valence-corrected chi connectivity index (χ0v) is 9.88. The molecule has 0 spiro atoms. The minimum absolute atomic E-state index is 0.114. The van der Waals surface area contributed by atoms with Crippen LogP contribution in [0.25, 0.3) is 10.9 Å². The van der Waals surface area contributed by atoms with E-state index in [1.807, 2.05) is 12.1 Å². The van der Waals surface area contributed by atoms with Gasteiger partial charge in [0.2, 0.25) is 5.91 Å². The summed E-state index contributed by atoms with van der Waals surface area (Å²) < 4.78 is 1.68. The fourth-order valence-electron chi connectivity index (χ4n) is 2.28. The Bertz CT molecular complexity index is 716. The van der Waals surface area contributed by atoms with Crippen LogP contribution >= 0.6 is 0 Å². The lowest BCUT2D eigenvalue weighted by atomic mass is 10.2. The van der Waals surface area contributed by atoms with Crippen LogP contribution in [0.3, 0.4) is 0 Å². The Morgan fingerprint density at radius 1 is 1.53 bits per heavy atom. The average Bonchev–Trinajstić information content (AvgIpc) is 2.76. The number of rotatable bonds is 2. The van der Waals surface area contributed by atoms with Gasteiger partial charge in [0, 0.05) is 5.39 Å². The van der Waals surface area contributed by atoms with Crippen molar-refractivity contribution in [2.24, 2.45) is 10.9 Å². The molecule has 2 heterocycles. The van der Waals surface area contributed by atoms with Crippen molar-refractivity contribution in [2.75, 3.05) is 5.32 Å². The molecule has 0 saturated carbocycles. The maximum absolute atomic E-state index is 12.0. The van der Waals surface area contributed by atoms with Crippen molar-refractivity contribution >= 4 is 34.7 Å². The summed E-state index contributed by atoms with van der Waals surface area (Å²) in [6, 6.07) is 7.26. The van der Waals surface area contributed by atoms with E-state index < -0.39 is 0 Å². The number of benzene rings is 1. The molecular formula is C12H11N5O2. The molecule has 7 nitrogen and oxygen atoms in total. The normalized spacial score (nSPS) is 13.8. The fourth-order valence-corrected chi connectivity index (χ4v) is 2.28. The Kier molecular flexibility index (Phi) is 2.45. The molecule has 0 bridgehead atoms. The number of hydrogen-bond acceptors (Lipinski definition) is 4. The number of nitrogens with two attached hydrogens (primary N) is 1. The number of nitrogens with one attached hydrogen (secondary N) is 2. The number of anilines is 1. The molecule has 1 aromatic carbocycles. The zero-order chi connectivity index (χ0) is 13.4. The molecule has 0 unspecified atom stereocenters. The molecule has 7 heteroatoms. The molecule has 2 aromatic rings.